The van der Waals surface area contributed by atoms with E-state index in [-0.39, 0.29) is 0 Å². The smallest absolute Gasteiger partial charge is 0.124 e. The first kappa shape index (κ1) is 12.4. The van der Waals surface area contributed by atoms with Crippen LogP contribution in [0.15, 0.2) is 24.3 Å². The van der Waals surface area contributed by atoms with Crippen molar-refractivity contribution in [2.75, 3.05) is 13.7 Å². The topological polar surface area (TPSA) is 41.5 Å². The first-order valence-corrected chi connectivity index (χ1v) is 6.26. The maximum absolute atomic E-state index is 10.1. The monoisotopic (exact) mass is 235 g/mol. The van der Waals surface area contributed by atoms with E-state index >= 15 is 0 Å². The van der Waals surface area contributed by atoms with Gasteiger partial charge in [0.2, 0.25) is 0 Å². The number of para-hydroxylation sites is 1. The molecule has 3 heteroatoms. The molecule has 0 aliphatic heterocycles. The van der Waals surface area contributed by atoms with E-state index in [4.69, 9.17) is 4.74 Å². The average molecular weight is 235 g/mol. The molecule has 0 bridgehead atoms. The van der Waals surface area contributed by atoms with E-state index in [1.165, 1.54) is 12.8 Å². The highest BCUT2D eigenvalue weighted by molar-refractivity contribution is 5.35. The Morgan fingerprint density at radius 2 is 2.12 bits per heavy atom. The average Bonchev–Trinajstić information content (AvgIpc) is 3.19. The molecule has 2 atom stereocenters. The molecule has 17 heavy (non-hydrogen) atoms. The van der Waals surface area contributed by atoms with E-state index in [9.17, 15) is 5.11 Å². The largest absolute Gasteiger partial charge is 0.496 e. The molecule has 1 aromatic carbocycles. The second-order valence-electron chi connectivity index (χ2n) is 4.79. The molecule has 1 aliphatic carbocycles. The van der Waals surface area contributed by atoms with Crippen molar-refractivity contribution in [1.29, 1.82) is 0 Å². The molecule has 2 N–H and O–H groups in total. The normalized spacial score (nSPS) is 18.8. The highest BCUT2D eigenvalue weighted by Crippen LogP contribution is 2.32. The zero-order valence-corrected chi connectivity index (χ0v) is 10.5. The van der Waals surface area contributed by atoms with Crippen LogP contribution in [0, 0.1) is 5.92 Å². The lowest BCUT2D eigenvalue weighted by Crippen LogP contribution is -2.32. The summed E-state index contributed by atoms with van der Waals surface area (Å²) >= 11 is 0. The van der Waals surface area contributed by atoms with Gasteiger partial charge < -0.3 is 15.2 Å². The zero-order chi connectivity index (χ0) is 12.3. The van der Waals surface area contributed by atoms with Crippen molar-refractivity contribution < 1.29 is 9.84 Å². The second kappa shape index (κ2) is 5.52. The quantitative estimate of drug-likeness (QED) is 0.793. The maximum atomic E-state index is 10.1. The summed E-state index contributed by atoms with van der Waals surface area (Å²) in [5.41, 5.74) is 0.852. The number of ether oxygens (including phenoxy) is 1. The Kier molecular flexibility index (Phi) is 4.02. The van der Waals surface area contributed by atoms with Gasteiger partial charge in [-0.1, -0.05) is 18.2 Å². The first-order valence-electron chi connectivity index (χ1n) is 6.26. The third-order valence-electron chi connectivity index (χ3n) is 3.46. The van der Waals surface area contributed by atoms with Gasteiger partial charge in [0, 0.05) is 18.2 Å². The summed E-state index contributed by atoms with van der Waals surface area (Å²) in [4.78, 5) is 0. The zero-order valence-electron chi connectivity index (χ0n) is 10.5. The van der Waals surface area contributed by atoms with Crippen molar-refractivity contribution in [3.05, 3.63) is 29.8 Å². The fraction of sp³-hybridized carbons (Fsp3) is 0.571. The summed E-state index contributed by atoms with van der Waals surface area (Å²) < 4.78 is 5.25. The Labute approximate surface area is 103 Å². The Hall–Kier alpha value is -1.06. The van der Waals surface area contributed by atoms with E-state index in [1.807, 2.05) is 24.3 Å². The van der Waals surface area contributed by atoms with E-state index in [0.29, 0.717) is 12.6 Å². The van der Waals surface area contributed by atoms with Gasteiger partial charge in [-0.2, -0.15) is 0 Å². The highest BCUT2D eigenvalue weighted by atomic mass is 16.5. The van der Waals surface area contributed by atoms with Crippen LogP contribution in [0.25, 0.3) is 0 Å². The number of rotatable bonds is 6. The summed E-state index contributed by atoms with van der Waals surface area (Å²) in [6, 6.07) is 8.12. The molecule has 0 amide bonds. The third-order valence-corrected chi connectivity index (χ3v) is 3.46. The number of hydrogen-bond acceptors (Lipinski definition) is 3. The van der Waals surface area contributed by atoms with Gasteiger partial charge in [-0.15, -0.1) is 0 Å². The van der Waals surface area contributed by atoms with Crippen molar-refractivity contribution >= 4 is 0 Å². The third kappa shape index (κ3) is 3.20. The lowest BCUT2D eigenvalue weighted by atomic mass is 10.1. The van der Waals surface area contributed by atoms with Crippen LogP contribution in [0.3, 0.4) is 0 Å². The van der Waals surface area contributed by atoms with Gasteiger partial charge in [-0.25, -0.2) is 0 Å². The van der Waals surface area contributed by atoms with Crippen LogP contribution < -0.4 is 10.1 Å². The second-order valence-corrected chi connectivity index (χ2v) is 4.79. The predicted octanol–water partition coefficient (Wildman–Crippen LogP) is 2.12. The molecule has 3 nitrogen and oxygen atoms in total. The van der Waals surface area contributed by atoms with E-state index < -0.39 is 6.10 Å². The molecule has 0 aromatic heterocycles. The van der Waals surface area contributed by atoms with Gasteiger partial charge in [0.15, 0.2) is 0 Å². The van der Waals surface area contributed by atoms with Crippen molar-refractivity contribution in [2.24, 2.45) is 5.92 Å². The lowest BCUT2D eigenvalue weighted by molar-refractivity contribution is 0.165. The highest BCUT2D eigenvalue weighted by Gasteiger charge is 2.28. The SMILES string of the molecule is COc1ccccc1[C@@H](O)CN[C@H](C)C1CC1. The molecule has 0 spiro atoms. The van der Waals surface area contributed by atoms with Crippen LogP contribution in [0.4, 0.5) is 0 Å². The fourth-order valence-corrected chi connectivity index (χ4v) is 2.11. The van der Waals surface area contributed by atoms with Crippen molar-refractivity contribution in [3.8, 4) is 5.75 Å². The molecule has 0 saturated heterocycles. The van der Waals surface area contributed by atoms with E-state index in [1.54, 1.807) is 7.11 Å². The summed E-state index contributed by atoms with van der Waals surface area (Å²) in [6.45, 7) is 2.77. The van der Waals surface area contributed by atoms with E-state index in [0.717, 1.165) is 17.2 Å². The fourth-order valence-electron chi connectivity index (χ4n) is 2.11. The molecule has 0 heterocycles. The van der Waals surface area contributed by atoms with Crippen molar-refractivity contribution in [2.45, 2.75) is 31.9 Å². The molecule has 1 aromatic rings. The van der Waals surface area contributed by atoms with Crippen LogP contribution in [0.2, 0.25) is 0 Å². The molecule has 0 radical (unpaired) electrons. The van der Waals surface area contributed by atoms with Crippen molar-refractivity contribution in [1.82, 2.24) is 5.32 Å². The van der Waals surface area contributed by atoms with Gasteiger partial charge in [-0.05, 0) is 31.7 Å². The Morgan fingerprint density at radius 1 is 1.41 bits per heavy atom. The van der Waals surface area contributed by atoms with Crippen LogP contribution >= 0.6 is 0 Å². The predicted molar refractivity (Wildman–Crippen MR) is 68.1 cm³/mol. The van der Waals surface area contributed by atoms with Gasteiger partial charge in [-0.3, -0.25) is 0 Å². The van der Waals surface area contributed by atoms with Crippen LogP contribution in [-0.2, 0) is 0 Å². The minimum Gasteiger partial charge on any atom is -0.496 e. The number of aliphatic hydroxyl groups is 1. The minimum absolute atomic E-state index is 0.499. The van der Waals surface area contributed by atoms with Gasteiger partial charge in [0.1, 0.15) is 5.75 Å². The maximum Gasteiger partial charge on any atom is 0.124 e. The molecule has 1 saturated carbocycles. The Bertz CT molecular complexity index is 363. The standard InChI is InChI=1S/C14H21NO2/c1-10(11-7-8-11)15-9-13(16)12-5-3-4-6-14(12)17-2/h3-6,10-11,13,15-16H,7-9H2,1-2H3/t10-,13+/m1/s1. The molecular weight excluding hydrogens is 214 g/mol. The molecular formula is C14H21NO2. The molecule has 0 unspecified atom stereocenters. The number of aliphatic hydroxyl groups excluding tert-OH is 1. The minimum atomic E-state index is -0.507. The van der Waals surface area contributed by atoms with Gasteiger partial charge in [0.25, 0.3) is 0 Å². The Balaban J connectivity index is 1.91. The van der Waals surface area contributed by atoms with E-state index in [2.05, 4.69) is 12.2 Å². The number of hydrogen-bond donors (Lipinski definition) is 2. The van der Waals surface area contributed by atoms with Gasteiger partial charge >= 0.3 is 0 Å². The summed E-state index contributed by atoms with van der Waals surface area (Å²) in [7, 11) is 1.63. The molecule has 1 fully saturated rings. The summed E-state index contributed by atoms with van der Waals surface area (Å²) in [5.74, 6) is 1.56. The number of methoxy groups -OCH3 is 1. The van der Waals surface area contributed by atoms with Crippen LogP contribution in [0.1, 0.15) is 31.4 Å². The first-order chi connectivity index (χ1) is 8.22. The Morgan fingerprint density at radius 3 is 2.76 bits per heavy atom. The molecule has 2 rings (SSSR count). The number of nitrogens with one attached hydrogen (secondary N) is 1. The van der Waals surface area contributed by atoms with Gasteiger partial charge in [0.05, 0.1) is 13.2 Å². The summed E-state index contributed by atoms with van der Waals surface area (Å²) in [6.07, 6.45) is 2.13. The lowest BCUT2D eigenvalue weighted by Gasteiger charge is -2.18. The van der Waals surface area contributed by atoms with Crippen LogP contribution in [0.5, 0.6) is 5.75 Å². The number of benzene rings is 1. The summed E-state index contributed by atoms with van der Waals surface area (Å²) in [5, 5.41) is 13.5. The van der Waals surface area contributed by atoms with Crippen molar-refractivity contribution in [3.63, 3.8) is 0 Å². The molecule has 1 aliphatic rings. The molecule has 94 valence electrons. The van der Waals surface area contributed by atoms with Crippen LogP contribution in [-0.4, -0.2) is 24.8 Å².